The minimum Gasteiger partial charge on any atom is -0.316 e. The Balaban J connectivity index is 1.63. The van der Waals surface area contributed by atoms with Crippen LogP contribution in [0.3, 0.4) is 0 Å². The maximum absolute atomic E-state index is 14.3. The summed E-state index contributed by atoms with van der Waals surface area (Å²) in [6, 6.07) is 11.6. The Labute approximate surface area is 165 Å². The lowest BCUT2D eigenvalue weighted by Crippen LogP contribution is -2.25. The molecule has 1 aliphatic heterocycles. The summed E-state index contributed by atoms with van der Waals surface area (Å²) in [7, 11) is 0. The van der Waals surface area contributed by atoms with Crippen molar-refractivity contribution >= 4 is 33.9 Å². The molecule has 1 unspecified atom stereocenters. The molecule has 0 spiro atoms. The summed E-state index contributed by atoms with van der Waals surface area (Å²) in [4.78, 5) is 21.8. The Hall–Kier alpha value is -3.13. The first-order valence-corrected chi connectivity index (χ1v) is 9.62. The highest BCUT2D eigenvalue weighted by molar-refractivity contribution is 7.17. The summed E-state index contributed by atoms with van der Waals surface area (Å²) < 4.78 is 14.3. The van der Waals surface area contributed by atoms with Gasteiger partial charge < -0.3 is 5.32 Å². The third kappa shape index (κ3) is 3.50. The maximum Gasteiger partial charge on any atom is 0.240 e. The number of nitrogens with zero attached hydrogens (tertiary/aromatic N) is 4. The standard InChI is InChI=1S/C20H18FN5OS/c1-12-19(28-20(23-12)24-18-9-5-6-10-22-18)16-11-17(26(25-16)13(2)27)14-7-3-4-8-15(14)21/h3-10,17H,11H2,1-2H3,(H,22,23,24). The van der Waals surface area contributed by atoms with E-state index in [9.17, 15) is 9.18 Å². The number of rotatable bonds is 4. The van der Waals surface area contributed by atoms with Crippen LogP contribution in [-0.4, -0.2) is 26.6 Å². The highest BCUT2D eigenvalue weighted by Crippen LogP contribution is 2.37. The number of hydrogen-bond acceptors (Lipinski definition) is 6. The quantitative estimate of drug-likeness (QED) is 0.710. The maximum atomic E-state index is 14.3. The van der Waals surface area contributed by atoms with Gasteiger partial charge >= 0.3 is 0 Å². The lowest BCUT2D eigenvalue weighted by atomic mass is 10.0. The van der Waals surface area contributed by atoms with Crippen LogP contribution in [0.5, 0.6) is 0 Å². The zero-order valence-corrected chi connectivity index (χ0v) is 16.2. The van der Waals surface area contributed by atoms with Crippen LogP contribution in [0, 0.1) is 12.7 Å². The number of halogens is 1. The monoisotopic (exact) mass is 395 g/mol. The van der Waals surface area contributed by atoms with Gasteiger partial charge in [-0.25, -0.2) is 19.4 Å². The SMILES string of the molecule is CC(=O)N1N=C(c2sc(Nc3ccccn3)nc2C)CC1c1ccccc1F. The van der Waals surface area contributed by atoms with Gasteiger partial charge in [0.1, 0.15) is 11.6 Å². The van der Waals surface area contributed by atoms with Gasteiger partial charge in [-0.3, -0.25) is 4.79 Å². The molecule has 28 heavy (non-hydrogen) atoms. The average Bonchev–Trinajstić information content (AvgIpc) is 3.27. The van der Waals surface area contributed by atoms with Gasteiger partial charge in [0, 0.05) is 25.1 Å². The van der Waals surface area contributed by atoms with Crippen LogP contribution in [0.25, 0.3) is 0 Å². The van der Waals surface area contributed by atoms with Crippen LogP contribution in [0.2, 0.25) is 0 Å². The van der Waals surface area contributed by atoms with Crippen LogP contribution in [0.15, 0.2) is 53.8 Å². The van der Waals surface area contributed by atoms with E-state index < -0.39 is 6.04 Å². The number of thiazole rings is 1. The molecule has 0 fully saturated rings. The molecule has 0 bridgehead atoms. The van der Waals surface area contributed by atoms with E-state index in [1.165, 1.54) is 29.3 Å². The van der Waals surface area contributed by atoms with E-state index in [0.717, 1.165) is 16.3 Å². The summed E-state index contributed by atoms with van der Waals surface area (Å²) in [5.74, 6) is 0.136. The van der Waals surface area contributed by atoms with E-state index in [1.54, 1.807) is 24.4 Å². The predicted molar refractivity (Wildman–Crippen MR) is 107 cm³/mol. The molecular weight excluding hydrogens is 377 g/mol. The molecule has 6 nitrogen and oxygen atoms in total. The van der Waals surface area contributed by atoms with Gasteiger partial charge in [-0.2, -0.15) is 5.10 Å². The summed E-state index contributed by atoms with van der Waals surface area (Å²) in [6.07, 6.45) is 2.14. The Morgan fingerprint density at radius 2 is 2.04 bits per heavy atom. The summed E-state index contributed by atoms with van der Waals surface area (Å²) >= 11 is 1.44. The van der Waals surface area contributed by atoms with E-state index in [4.69, 9.17) is 0 Å². The number of carbonyl (C=O) groups is 1. The van der Waals surface area contributed by atoms with Crippen molar-refractivity contribution in [2.75, 3.05) is 5.32 Å². The molecule has 1 atom stereocenters. The van der Waals surface area contributed by atoms with Crippen molar-refractivity contribution in [1.29, 1.82) is 0 Å². The first-order valence-electron chi connectivity index (χ1n) is 8.80. The zero-order valence-electron chi connectivity index (χ0n) is 15.4. The number of nitrogens with one attached hydrogen (secondary N) is 1. The first-order chi connectivity index (χ1) is 13.5. The molecule has 1 aliphatic rings. The van der Waals surface area contributed by atoms with Crippen molar-refractivity contribution in [2.45, 2.75) is 26.3 Å². The molecule has 0 radical (unpaired) electrons. The smallest absolute Gasteiger partial charge is 0.240 e. The van der Waals surface area contributed by atoms with Gasteiger partial charge in [-0.05, 0) is 25.1 Å². The number of pyridine rings is 1. The second-order valence-corrected chi connectivity index (χ2v) is 7.42. The molecule has 142 valence electrons. The van der Waals surface area contributed by atoms with Crippen molar-refractivity contribution in [3.63, 3.8) is 0 Å². The van der Waals surface area contributed by atoms with Gasteiger partial charge in [0.15, 0.2) is 5.13 Å². The highest BCUT2D eigenvalue weighted by Gasteiger charge is 2.34. The van der Waals surface area contributed by atoms with Crippen LogP contribution in [-0.2, 0) is 4.79 Å². The molecule has 4 rings (SSSR count). The number of carbonyl (C=O) groups excluding carboxylic acids is 1. The van der Waals surface area contributed by atoms with Crippen LogP contribution >= 0.6 is 11.3 Å². The number of hydrogen-bond donors (Lipinski definition) is 1. The fraction of sp³-hybridized carbons (Fsp3) is 0.200. The molecular formula is C20H18FN5OS. The van der Waals surface area contributed by atoms with E-state index in [0.29, 0.717) is 22.9 Å². The summed E-state index contributed by atoms with van der Waals surface area (Å²) in [5.41, 5.74) is 2.00. The molecule has 8 heteroatoms. The lowest BCUT2D eigenvalue weighted by Gasteiger charge is -2.20. The summed E-state index contributed by atoms with van der Waals surface area (Å²) in [6.45, 7) is 3.33. The van der Waals surface area contributed by atoms with E-state index >= 15 is 0 Å². The number of benzene rings is 1. The normalized spacial score (nSPS) is 16.2. The Bertz CT molecular complexity index is 1050. The third-order valence-corrected chi connectivity index (χ3v) is 5.58. The highest BCUT2D eigenvalue weighted by atomic mass is 32.1. The van der Waals surface area contributed by atoms with Crippen LogP contribution in [0.4, 0.5) is 15.3 Å². The van der Waals surface area contributed by atoms with Crippen LogP contribution in [0.1, 0.15) is 35.5 Å². The molecule has 1 N–H and O–H groups in total. The van der Waals surface area contributed by atoms with Gasteiger partial charge in [0.2, 0.25) is 5.91 Å². The van der Waals surface area contributed by atoms with Crippen molar-refractivity contribution in [2.24, 2.45) is 5.10 Å². The second-order valence-electron chi connectivity index (χ2n) is 6.43. The molecule has 2 aromatic heterocycles. The average molecular weight is 395 g/mol. The molecule has 1 aromatic carbocycles. The molecule has 0 aliphatic carbocycles. The van der Waals surface area contributed by atoms with E-state index in [-0.39, 0.29) is 11.7 Å². The summed E-state index contributed by atoms with van der Waals surface area (Å²) in [5, 5.41) is 9.73. The molecule has 1 amide bonds. The van der Waals surface area contributed by atoms with Crippen molar-refractivity contribution < 1.29 is 9.18 Å². The van der Waals surface area contributed by atoms with Crippen molar-refractivity contribution in [3.8, 4) is 0 Å². The number of amides is 1. The molecule has 3 aromatic rings. The Morgan fingerprint density at radius 3 is 2.75 bits per heavy atom. The number of anilines is 2. The Kier molecular flexibility index (Phi) is 4.87. The number of hydrazone groups is 1. The van der Waals surface area contributed by atoms with Crippen molar-refractivity contribution in [3.05, 3.63) is 70.6 Å². The minimum absolute atomic E-state index is 0.225. The Morgan fingerprint density at radius 1 is 1.25 bits per heavy atom. The van der Waals surface area contributed by atoms with E-state index in [1.807, 2.05) is 25.1 Å². The molecule has 3 heterocycles. The topological polar surface area (TPSA) is 70.5 Å². The fourth-order valence-corrected chi connectivity index (χ4v) is 4.16. The fourth-order valence-electron chi connectivity index (χ4n) is 3.19. The van der Waals surface area contributed by atoms with Gasteiger partial charge in [-0.1, -0.05) is 35.6 Å². The van der Waals surface area contributed by atoms with Crippen LogP contribution < -0.4 is 5.32 Å². The number of aryl methyl sites for hydroxylation is 1. The third-order valence-electron chi connectivity index (χ3n) is 4.46. The first kappa shape index (κ1) is 18.2. The largest absolute Gasteiger partial charge is 0.316 e. The zero-order chi connectivity index (χ0) is 19.7. The van der Waals surface area contributed by atoms with Gasteiger partial charge in [0.25, 0.3) is 0 Å². The second kappa shape index (κ2) is 7.47. The molecule has 0 saturated heterocycles. The van der Waals surface area contributed by atoms with E-state index in [2.05, 4.69) is 20.4 Å². The number of aromatic nitrogens is 2. The molecule has 0 saturated carbocycles. The van der Waals surface area contributed by atoms with Gasteiger partial charge in [0.05, 0.1) is 22.3 Å². The lowest BCUT2D eigenvalue weighted by molar-refractivity contribution is -0.130. The predicted octanol–water partition coefficient (Wildman–Crippen LogP) is 4.43. The van der Waals surface area contributed by atoms with Gasteiger partial charge in [-0.15, -0.1) is 0 Å². The minimum atomic E-state index is -0.456. The van der Waals surface area contributed by atoms with Crippen molar-refractivity contribution in [1.82, 2.24) is 15.0 Å².